The fourth-order valence-corrected chi connectivity index (χ4v) is 2.18. The molecule has 0 radical (unpaired) electrons. The highest BCUT2D eigenvalue weighted by Crippen LogP contribution is 2.26. The van der Waals surface area contributed by atoms with Crippen molar-refractivity contribution < 1.29 is 14.6 Å². The van der Waals surface area contributed by atoms with Gasteiger partial charge in [-0.15, -0.1) is 0 Å². The molecule has 1 aromatic heterocycles. The monoisotopic (exact) mass is 261 g/mol. The van der Waals surface area contributed by atoms with Gasteiger partial charge >= 0.3 is 6.09 Å². The second-order valence-electron chi connectivity index (χ2n) is 5.55. The molecule has 4 nitrogen and oxygen atoms in total. The van der Waals surface area contributed by atoms with E-state index in [1.165, 1.54) is 4.57 Å². The number of carbonyl (C=O) groups excluding carboxylic acids is 1. The van der Waals surface area contributed by atoms with Gasteiger partial charge in [0.05, 0.1) is 12.1 Å². The number of aromatic nitrogens is 1. The third kappa shape index (κ3) is 2.49. The smallest absolute Gasteiger partial charge is 0.419 e. The predicted octanol–water partition coefficient (Wildman–Crippen LogP) is 3.23. The maximum atomic E-state index is 12.3. The zero-order valence-electron chi connectivity index (χ0n) is 11.7. The van der Waals surface area contributed by atoms with E-state index in [9.17, 15) is 9.90 Å². The third-order valence-electron chi connectivity index (χ3n) is 2.98. The highest BCUT2D eigenvalue weighted by molar-refractivity contribution is 5.93. The summed E-state index contributed by atoms with van der Waals surface area (Å²) in [6.45, 7) is 7.22. The summed E-state index contributed by atoms with van der Waals surface area (Å²) in [5.74, 6) is 0. The van der Waals surface area contributed by atoms with Gasteiger partial charge in [0.2, 0.25) is 0 Å². The number of benzene rings is 1. The molecule has 1 aromatic carbocycles. The molecule has 0 unspecified atom stereocenters. The summed E-state index contributed by atoms with van der Waals surface area (Å²) in [6, 6.07) is 7.50. The third-order valence-corrected chi connectivity index (χ3v) is 2.98. The Hall–Kier alpha value is -1.81. The number of aliphatic hydroxyl groups excluding tert-OH is 1. The minimum atomic E-state index is -0.547. The van der Waals surface area contributed by atoms with Crippen LogP contribution in [-0.4, -0.2) is 21.4 Å². The van der Waals surface area contributed by atoms with Gasteiger partial charge < -0.3 is 9.84 Å². The second kappa shape index (κ2) is 4.70. The van der Waals surface area contributed by atoms with Gasteiger partial charge in [0.1, 0.15) is 5.60 Å². The Morgan fingerprint density at radius 3 is 2.53 bits per heavy atom. The highest BCUT2D eigenvalue weighted by atomic mass is 16.6. The molecule has 0 aliphatic rings. The molecule has 102 valence electrons. The van der Waals surface area contributed by atoms with E-state index in [0.29, 0.717) is 0 Å². The molecule has 0 aliphatic carbocycles. The maximum Gasteiger partial charge on any atom is 0.419 e. The lowest BCUT2D eigenvalue weighted by Gasteiger charge is -2.20. The van der Waals surface area contributed by atoms with Crippen LogP contribution >= 0.6 is 0 Å². The summed E-state index contributed by atoms with van der Waals surface area (Å²) in [7, 11) is 0. The molecular formula is C15H19NO3. The van der Waals surface area contributed by atoms with Crippen molar-refractivity contribution in [3.8, 4) is 0 Å². The van der Waals surface area contributed by atoms with Crippen molar-refractivity contribution in [1.29, 1.82) is 0 Å². The first-order chi connectivity index (χ1) is 8.85. The zero-order valence-corrected chi connectivity index (χ0v) is 11.7. The number of hydrogen-bond acceptors (Lipinski definition) is 3. The van der Waals surface area contributed by atoms with E-state index in [-0.39, 0.29) is 6.61 Å². The lowest BCUT2D eigenvalue weighted by atomic mass is 10.1. The minimum absolute atomic E-state index is 0.0951. The lowest BCUT2D eigenvalue weighted by molar-refractivity contribution is 0.0541. The van der Waals surface area contributed by atoms with Gasteiger partial charge in [-0.05, 0) is 33.8 Å². The van der Waals surface area contributed by atoms with Crippen LogP contribution in [0, 0.1) is 6.92 Å². The van der Waals surface area contributed by atoms with Gasteiger partial charge in [-0.25, -0.2) is 9.36 Å². The summed E-state index contributed by atoms with van der Waals surface area (Å²) in [4.78, 5) is 12.3. The zero-order chi connectivity index (χ0) is 14.2. The molecule has 1 N–H and O–H groups in total. The number of aliphatic hydroxyl groups is 1. The SMILES string of the molecule is Cc1c(CO)c2ccccc2n1C(=O)OC(C)(C)C. The van der Waals surface area contributed by atoms with E-state index in [0.717, 1.165) is 22.2 Å². The molecule has 0 bridgehead atoms. The molecular weight excluding hydrogens is 242 g/mol. The first-order valence-corrected chi connectivity index (χ1v) is 6.28. The number of ether oxygens (including phenoxy) is 1. The van der Waals surface area contributed by atoms with Crippen molar-refractivity contribution in [2.24, 2.45) is 0 Å². The Labute approximate surface area is 112 Å². The number of para-hydroxylation sites is 1. The normalized spacial score (nSPS) is 11.8. The summed E-state index contributed by atoms with van der Waals surface area (Å²) in [6.07, 6.45) is -0.416. The predicted molar refractivity (Wildman–Crippen MR) is 74.2 cm³/mol. The van der Waals surface area contributed by atoms with Crippen LogP contribution in [0.2, 0.25) is 0 Å². The average molecular weight is 261 g/mol. The molecule has 0 atom stereocenters. The molecule has 0 fully saturated rings. The fourth-order valence-electron chi connectivity index (χ4n) is 2.18. The van der Waals surface area contributed by atoms with Crippen LogP contribution in [0.5, 0.6) is 0 Å². The molecule has 1 heterocycles. The van der Waals surface area contributed by atoms with E-state index < -0.39 is 11.7 Å². The Balaban J connectivity index is 2.60. The van der Waals surface area contributed by atoms with Gasteiger partial charge in [-0.1, -0.05) is 18.2 Å². The van der Waals surface area contributed by atoms with E-state index in [4.69, 9.17) is 4.74 Å². The molecule has 19 heavy (non-hydrogen) atoms. The summed E-state index contributed by atoms with van der Waals surface area (Å²) in [5, 5.41) is 10.4. The summed E-state index contributed by atoms with van der Waals surface area (Å²) in [5.41, 5.74) is 1.70. The highest BCUT2D eigenvalue weighted by Gasteiger charge is 2.23. The Morgan fingerprint density at radius 2 is 1.95 bits per heavy atom. The molecule has 0 saturated carbocycles. The van der Waals surface area contributed by atoms with Crippen molar-refractivity contribution >= 4 is 17.0 Å². The maximum absolute atomic E-state index is 12.3. The number of nitrogens with zero attached hydrogens (tertiary/aromatic N) is 1. The number of hydrogen-bond donors (Lipinski definition) is 1. The van der Waals surface area contributed by atoms with Crippen molar-refractivity contribution in [2.75, 3.05) is 0 Å². The van der Waals surface area contributed by atoms with Crippen LogP contribution in [0.15, 0.2) is 24.3 Å². The molecule has 2 aromatic rings. The summed E-state index contributed by atoms with van der Waals surface area (Å²) < 4.78 is 6.93. The Kier molecular flexibility index (Phi) is 3.37. The molecule has 0 saturated heterocycles. The molecule has 0 amide bonds. The van der Waals surface area contributed by atoms with E-state index in [1.54, 1.807) is 0 Å². The lowest BCUT2D eigenvalue weighted by Crippen LogP contribution is -2.27. The molecule has 4 heteroatoms. The second-order valence-corrected chi connectivity index (χ2v) is 5.55. The van der Waals surface area contributed by atoms with Crippen molar-refractivity contribution in [3.63, 3.8) is 0 Å². The largest absolute Gasteiger partial charge is 0.443 e. The van der Waals surface area contributed by atoms with Crippen molar-refractivity contribution in [3.05, 3.63) is 35.5 Å². The Morgan fingerprint density at radius 1 is 1.32 bits per heavy atom. The van der Waals surface area contributed by atoms with Gasteiger partial charge in [0, 0.05) is 16.6 Å². The molecule has 0 spiro atoms. The van der Waals surface area contributed by atoms with Crippen LogP contribution in [0.1, 0.15) is 32.0 Å². The van der Waals surface area contributed by atoms with E-state index >= 15 is 0 Å². The van der Waals surface area contributed by atoms with Crippen LogP contribution in [0.4, 0.5) is 4.79 Å². The summed E-state index contributed by atoms with van der Waals surface area (Å²) >= 11 is 0. The van der Waals surface area contributed by atoms with Crippen LogP contribution in [0.3, 0.4) is 0 Å². The number of carbonyl (C=O) groups is 1. The van der Waals surface area contributed by atoms with E-state index in [2.05, 4.69) is 0 Å². The van der Waals surface area contributed by atoms with Crippen molar-refractivity contribution in [2.45, 2.75) is 39.9 Å². The van der Waals surface area contributed by atoms with E-state index in [1.807, 2.05) is 52.0 Å². The van der Waals surface area contributed by atoms with Crippen LogP contribution in [-0.2, 0) is 11.3 Å². The van der Waals surface area contributed by atoms with Crippen LogP contribution < -0.4 is 0 Å². The average Bonchev–Trinajstić information content (AvgIpc) is 2.58. The Bertz CT molecular complexity index is 620. The number of fused-ring (bicyclic) bond motifs is 1. The van der Waals surface area contributed by atoms with Gasteiger partial charge in [-0.2, -0.15) is 0 Å². The first-order valence-electron chi connectivity index (χ1n) is 6.28. The van der Waals surface area contributed by atoms with Gasteiger partial charge in [-0.3, -0.25) is 0 Å². The quantitative estimate of drug-likeness (QED) is 0.857. The van der Waals surface area contributed by atoms with Crippen molar-refractivity contribution in [1.82, 2.24) is 4.57 Å². The first kappa shape index (κ1) is 13.6. The fraction of sp³-hybridized carbons (Fsp3) is 0.400. The topological polar surface area (TPSA) is 51.5 Å². The minimum Gasteiger partial charge on any atom is -0.443 e. The molecule has 2 rings (SSSR count). The molecule has 0 aliphatic heterocycles. The standard InChI is InChI=1S/C15H19NO3/c1-10-12(9-17)11-7-5-6-8-13(11)16(10)14(18)19-15(2,3)4/h5-8,17H,9H2,1-4H3. The van der Waals surface area contributed by atoms with Gasteiger partial charge in [0.25, 0.3) is 0 Å². The number of rotatable bonds is 1. The van der Waals surface area contributed by atoms with Crippen LogP contribution in [0.25, 0.3) is 10.9 Å². The van der Waals surface area contributed by atoms with Gasteiger partial charge in [0.15, 0.2) is 0 Å².